The molecular weight excluding hydrogens is 449 g/mol. The molecule has 0 saturated heterocycles. The summed E-state index contributed by atoms with van der Waals surface area (Å²) in [5, 5.41) is 2.53. The second kappa shape index (κ2) is 11.6. The van der Waals surface area contributed by atoms with E-state index in [1.165, 1.54) is 35.5 Å². The summed E-state index contributed by atoms with van der Waals surface area (Å²) in [6.07, 6.45) is 1.37. The summed E-state index contributed by atoms with van der Waals surface area (Å²) < 4.78 is 44.3. The normalized spacial score (nSPS) is 12.0. The van der Waals surface area contributed by atoms with Gasteiger partial charge >= 0.3 is 0 Å². The number of benzene rings is 2. The lowest BCUT2D eigenvalue weighted by Gasteiger charge is -2.29. The Bertz CT molecular complexity index is 1060. The average molecular weight is 480 g/mol. The summed E-state index contributed by atoms with van der Waals surface area (Å²) in [5.74, 6) is -0.523. The number of sulfonamides is 1. The average Bonchev–Trinajstić information content (AvgIpc) is 2.79. The van der Waals surface area contributed by atoms with Crippen molar-refractivity contribution in [1.82, 2.24) is 10.2 Å². The number of nitrogens with zero attached hydrogens (tertiary/aromatic N) is 2. The second-order valence-electron chi connectivity index (χ2n) is 7.58. The number of hydrogen-bond acceptors (Lipinski definition) is 5. The molecule has 180 valence electrons. The molecule has 0 aliphatic heterocycles. The molecule has 33 heavy (non-hydrogen) atoms. The highest BCUT2D eigenvalue weighted by Crippen LogP contribution is 2.24. The van der Waals surface area contributed by atoms with Gasteiger partial charge in [-0.3, -0.25) is 13.9 Å². The third-order valence-electron chi connectivity index (χ3n) is 5.17. The molecule has 0 aromatic heterocycles. The van der Waals surface area contributed by atoms with Gasteiger partial charge in [0.05, 0.1) is 19.1 Å². The van der Waals surface area contributed by atoms with Crippen LogP contribution in [0.4, 0.5) is 10.1 Å². The van der Waals surface area contributed by atoms with E-state index >= 15 is 0 Å². The van der Waals surface area contributed by atoms with Gasteiger partial charge in [0.15, 0.2) is 0 Å². The second-order valence-corrected chi connectivity index (χ2v) is 9.49. The molecule has 0 spiro atoms. The lowest BCUT2D eigenvalue weighted by atomic mass is 10.1. The van der Waals surface area contributed by atoms with Gasteiger partial charge in [-0.05, 0) is 43.2 Å². The van der Waals surface area contributed by atoms with Gasteiger partial charge in [0.2, 0.25) is 21.8 Å². The highest BCUT2D eigenvalue weighted by molar-refractivity contribution is 7.92. The van der Waals surface area contributed by atoms with E-state index in [1.54, 1.807) is 43.3 Å². The van der Waals surface area contributed by atoms with E-state index in [4.69, 9.17) is 4.74 Å². The summed E-state index contributed by atoms with van der Waals surface area (Å²) in [7, 11) is -0.619. The molecule has 0 aliphatic carbocycles. The molecule has 0 bridgehead atoms. The molecule has 2 amide bonds. The number of amides is 2. The Kier molecular flexibility index (Phi) is 9.22. The predicted molar refractivity (Wildman–Crippen MR) is 125 cm³/mol. The number of carbonyl (C=O) groups is 2. The lowest BCUT2D eigenvalue weighted by Crippen LogP contribution is -2.46. The highest BCUT2D eigenvalue weighted by atomic mass is 32.2. The zero-order valence-corrected chi connectivity index (χ0v) is 20.1. The maximum absolute atomic E-state index is 13.2. The van der Waals surface area contributed by atoms with Gasteiger partial charge in [0.1, 0.15) is 17.6 Å². The van der Waals surface area contributed by atoms with Crippen molar-refractivity contribution in [2.75, 3.05) is 31.3 Å². The van der Waals surface area contributed by atoms with Crippen LogP contribution in [0.25, 0.3) is 0 Å². The zero-order valence-electron chi connectivity index (χ0n) is 19.2. The van der Waals surface area contributed by atoms with E-state index in [0.29, 0.717) is 17.0 Å². The summed E-state index contributed by atoms with van der Waals surface area (Å²) in [4.78, 5) is 26.6. The quantitative estimate of drug-likeness (QED) is 0.534. The first-order chi connectivity index (χ1) is 15.6. The number of ether oxygens (including phenoxy) is 1. The number of methoxy groups -OCH3 is 1. The molecule has 2 aromatic rings. The number of carbonyl (C=O) groups excluding carboxylic acids is 2. The Morgan fingerprint density at radius 3 is 2.39 bits per heavy atom. The van der Waals surface area contributed by atoms with Crippen LogP contribution in [-0.2, 0) is 26.2 Å². The van der Waals surface area contributed by atoms with E-state index in [-0.39, 0.29) is 37.7 Å². The van der Waals surface area contributed by atoms with Crippen molar-refractivity contribution in [3.8, 4) is 5.75 Å². The van der Waals surface area contributed by atoms with Gasteiger partial charge in [-0.25, -0.2) is 12.8 Å². The van der Waals surface area contributed by atoms with Crippen LogP contribution in [0.5, 0.6) is 5.75 Å². The molecule has 0 saturated carbocycles. The van der Waals surface area contributed by atoms with Gasteiger partial charge in [-0.15, -0.1) is 0 Å². The van der Waals surface area contributed by atoms with Gasteiger partial charge in [0.25, 0.3) is 0 Å². The third-order valence-corrected chi connectivity index (χ3v) is 6.37. The lowest BCUT2D eigenvalue weighted by molar-refractivity contribution is -0.140. The molecule has 1 unspecified atom stereocenters. The summed E-state index contributed by atoms with van der Waals surface area (Å²) >= 11 is 0. The van der Waals surface area contributed by atoms with Crippen LogP contribution in [-0.4, -0.2) is 58.1 Å². The van der Waals surface area contributed by atoms with Crippen molar-refractivity contribution in [3.63, 3.8) is 0 Å². The molecule has 8 nitrogen and oxygen atoms in total. The third kappa shape index (κ3) is 7.45. The highest BCUT2D eigenvalue weighted by Gasteiger charge is 2.26. The summed E-state index contributed by atoms with van der Waals surface area (Å²) in [5.41, 5.74) is 1.11. The van der Waals surface area contributed by atoms with Crippen LogP contribution in [0.1, 0.15) is 25.3 Å². The minimum atomic E-state index is -3.59. The topological polar surface area (TPSA) is 96.0 Å². The Hall–Kier alpha value is -3.14. The molecule has 10 heteroatoms. The van der Waals surface area contributed by atoms with Crippen molar-refractivity contribution in [2.45, 2.75) is 32.4 Å². The van der Waals surface area contributed by atoms with Crippen LogP contribution >= 0.6 is 0 Å². The molecule has 0 heterocycles. The predicted octanol–water partition coefficient (Wildman–Crippen LogP) is 2.54. The van der Waals surface area contributed by atoms with Crippen LogP contribution in [0, 0.1) is 5.82 Å². The van der Waals surface area contributed by atoms with Crippen molar-refractivity contribution in [2.24, 2.45) is 0 Å². The number of anilines is 1. The molecule has 0 aliphatic rings. The maximum Gasteiger partial charge on any atom is 0.242 e. The van der Waals surface area contributed by atoms with Gasteiger partial charge in [-0.1, -0.05) is 18.2 Å². The van der Waals surface area contributed by atoms with Crippen LogP contribution in [0.2, 0.25) is 0 Å². The van der Waals surface area contributed by atoms with Gasteiger partial charge in [-0.2, -0.15) is 0 Å². The standard InChI is InChI=1S/C23H30FN3O5S/c1-17(23(29)25-2)26(16-18-10-12-19(24)13-11-18)22(28)9-6-14-27(33(4,30)31)20-7-5-8-21(15-20)32-3/h5,7-8,10-13,15,17H,6,9,14,16H2,1-4H3,(H,25,29). The Morgan fingerprint density at radius 2 is 1.82 bits per heavy atom. The molecular formula is C23H30FN3O5S. The summed E-state index contributed by atoms with van der Waals surface area (Å²) in [6, 6.07) is 11.6. The Balaban J connectivity index is 2.14. The van der Waals surface area contributed by atoms with E-state index in [0.717, 1.165) is 6.26 Å². The molecule has 2 rings (SSSR count). The molecule has 2 aromatic carbocycles. The van der Waals surface area contributed by atoms with Crippen molar-refractivity contribution in [3.05, 3.63) is 59.9 Å². The monoisotopic (exact) mass is 479 g/mol. The minimum Gasteiger partial charge on any atom is -0.497 e. The first-order valence-electron chi connectivity index (χ1n) is 10.4. The zero-order chi connectivity index (χ0) is 24.6. The first-order valence-corrected chi connectivity index (χ1v) is 12.3. The van der Waals surface area contributed by atoms with Crippen molar-refractivity contribution < 1.29 is 27.1 Å². The van der Waals surface area contributed by atoms with Crippen molar-refractivity contribution in [1.29, 1.82) is 0 Å². The molecule has 1 atom stereocenters. The van der Waals surface area contributed by atoms with Crippen LogP contribution < -0.4 is 14.4 Å². The molecule has 0 fully saturated rings. The Labute approximate surface area is 194 Å². The number of nitrogens with one attached hydrogen (secondary N) is 1. The van der Waals surface area contributed by atoms with Crippen molar-refractivity contribution >= 4 is 27.5 Å². The fourth-order valence-corrected chi connectivity index (χ4v) is 4.30. The number of halogens is 1. The first kappa shape index (κ1) is 26.1. The number of hydrogen-bond donors (Lipinski definition) is 1. The summed E-state index contributed by atoms with van der Waals surface area (Å²) in [6.45, 7) is 1.81. The number of rotatable bonds is 11. The minimum absolute atomic E-state index is 0.0263. The molecule has 0 radical (unpaired) electrons. The fraction of sp³-hybridized carbons (Fsp3) is 0.391. The number of likely N-dealkylation sites (N-methyl/N-ethyl adjacent to an activating group) is 1. The Morgan fingerprint density at radius 1 is 1.15 bits per heavy atom. The van der Waals surface area contributed by atoms with Gasteiger partial charge in [0, 0.05) is 32.6 Å². The fourth-order valence-electron chi connectivity index (χ4n) is 3.35. The van der Waals surface area contributed by atoms with E-state index in [2.05, 4.69) is 5.32 Å². The SMILES string of the molecule is CNC(=O)C(C)N(Cc1ccc(F)cc1)C(=O)CCCN(c1cccc(OC)c1)S(C)(=O)=O. The largest absolute Gasteiger partial charge is 0.497 e. The van der Waals surface area contributed by atoms with Crippen LogP contribution in [0.15, 0.2) is 48.5 Å². The smallest absolute Gasteiger partial charge is 0.242 e. The van der Waals surface area contributed by atoms with Crippen LogP contribution in [0.3, 0.4) is 0 Å². The van der Waals surface area contributed by atoms with Gasteiger partial charge < -0.3 is 15.0 Å². The van der Waals surface area contributed by atoms with E-state index in [9.17, 15) is 22.4 Å². The van der Waals surface area contributed by atoms with E-state index in [1.807, 2.05) is 0 Å². The van der Waals surface area contributed by atoms with E-state index < -0.39 is 21.9 Å². The maximum atomic E-state index is 13.2. The molecule has 1 N–H and O–H groups in total.